The number of hydrazine groups is 1. The number of nitrogen functional groups attached to an aromatic ring is 1. The molecule has 0 unspecified atom stereocenters. The first-order valence-electron chi connectivity index (χ1n) is 6.19. The average molecular weight is 251 g/mol. The maximum absolute atomic E-state index is 13.5. The van der Waals surface area contributed by atoms with Crippen LogP contribution in [-0.2, 0) is 0 Å². The third kappa shape index (κ3) is 2.18. The van der Waals surface area contributed by atoms with Gasteiger partial charge in [-0.05, 0) is 37.8 Å². The first-order valence-corrected chi connectivity index (χ1v) is 6.19. The molecule has 0 bridgehead atoms. The number of nitrogens with two attached hydrogens (primary N) is 1. The van der Waals surface area contributed by atoms with Gasteiger partial charge >= 0.3 is 0 Å². The van der Waals surface area contributed by atoms with Crippen LogP contribution in [0.3, 0.4) is 0 Å². The second-order valence-electron chi connectivity index (χ2n) is 4.75. The number of para-hydroxylation sites is 1. The Morgan fingerprint density at radius 1 is 1.50 bits per heavy atom. The van der Waals surface area contributed by atoms with Crippen molar-refractivity contribution in [2.45, 2.75) is 38.1 Å². The number of anilines is 1. The quantitative estimate of drug-likeness (QED) is 0.567. The SMILES string of the molecule is CCC1(NC(=O)c2cccc(F)c2NN)CCC1. The summed E-state index contributed by atoms with van der Waals surface area (Å²) in [6, 6.07) is 4.34. The van der Waals surface area contributed by atoms with Crippen LogP contribution in [0.4, 0.5) is 10.1 Å². The first-order chi connectivity index (χ1) is 8.62. The summed E-state index contributed by atoms with van der Waals surface area (Å²) in [6.45, 7) is 2.05. The smallest absolute Gasteiger partial charge is 0.253 e. The summed E-state index contributed by atoms with van der Waals surface area (Å²) in [7, 11) is 0. The molecule has 0 radical (unpaired) electrons. The van der Waals surface area contributed by atoms with E-state index in [1.807, 2.05) is 6.92 Å². The van der Waals surface area contributed by atoms with Crippen LogP contribution in [0.15, 0.2) is 18.2 Å². The molecular weight excluding hydrogens is 233 g/mol. The predicted molar refractivity (Wildman–Crippen MR) is 68.5 cm³/mol. The molecule has 0 aliphatic heterocycles. The average Bonchev–Trinajstić information content (AvgIpc) is 2.33. The van der Waals surface area contributed by atoms with Crippen LogP contribution < -0.4 is 16.6 Å². The van der Waals surface area contributed by atoms with Gasteiger partial charge in [0.25, 0.3) is 5.91 Å². The minimum Gasteiger partial charge on any atom is -0.347 e. The molecule has 1 aromatic rings. The fourth-order valence-corrected chi connectivity index (χ4v) is 2.34. The molecule has 0 atom stereocenters. The Bertz CT molecular complexity index is 452. The summed E-state index contributed by atoms with van der Waals surface area (Å²) in [5.74, 6) is 4.46. The van der Waals surface area contributed by atoms with E-state index in [2.05, 4.69) is 10.7 Å². The molecule has 5 heteroatoms. The van der Waals surface area contributed by atoms with Gasteiger partial charge in [0, 0.05) is 5.54 Å². The summed E-state index contributed by atoms with van der Waals surface area (Å²) < 4.78 is 13.5. The second kappa shape index (κ2) is 4.94. The van der Waals surface area contributed by atoms with E-state index in [0.717, 1.165) is 25.7 Å². The number of amides is 1. The second-order valence-corrected chi connectivity index (χ2v) is 4.75. The molecule has 2 rings (SSSR count). The maximum atomic E-state index is 13.5. The number of halogens is 1. The van der Waals surface area contributed by atoms with Crippen LogP contribution in [0, 0.1) is 5.82 Å². The van der Waals surface area contributed by atoms with E-state index in [1.165, 1.54) is 12.1 Å². The van der Waals surface area contributed by atoms with Gasteiger partial charge < -0.3 is 10.7 Å². The van der Waals surface area contributed by atoms with Crippen molar-refractivity contribution in [3.05, 3.63) is 29.6 Å². The summed E-state index contributed by atoms with van der Waals surface area (Å²) >= 11 is 0. The van der Waals surface area contributed by atoms with Gasteiger partial charge in [0.15, 0.2) is 0 Å². The lowest BCUT2D eigenvalue weighted by atomic mass is 9.74. The van der Waals surface area contributed by atoms with Crippen LogP contribution in [0.25, 0.3) is 0 Å². The van der Waals surface area contributed by atoms with Gasteiger partial charge in [-0.2, -0.15) is 0 Å². The van der Waals surface area contributed by atoms with Gasteiger partial charge in [0.05, 0.1) is 11.3 Å². The third-order valence-electron chi connectivity index (χ3n) is 3.77. The highest BCUT2D eigenvalue weighted by atomic mass is 19.1. The highest BCUT2D eigenvalue weighted by Gasteiger charge is 2.37. The lowest BCUT2D eigenvalue weighted by Gasteiger charge is -2.42. The van der Waals surface area contributed by atoms with Crippen LogP contribution >= 0.6 is 0 Å². The van der Waals surface area contributed by atoms with Crippen molar-refractivity contribution in [2.24, 2.45) is 5.84 Å². The van der Waals surface area contributed by atoms with E-state index < -0.39 is 5.82 Å². The zero-order valence-electron chi connectivity index (χ0n) is 10.4. The Morgan fingerprint density at radius 2 is 2.22 bits per heavy atom. The van der Waals surface area contributed by atoms with Crippen LogP contribution in [0.5, 0.6) is 0 Å². The topological polar surface area (TPSA) is 67.2 Å². The van der Waals surface area contributed by atoms with Gasteiger partial charge in [-0.1, -0.05) is 13.0 Å². The monoisotopic (exact) mass is 251 g/mol. The van der Waals surface area contributed by atoms with Crippen molar-refractivity contribution in [1.29, 1.82) is 0 Å². The molecule has 0 spiro atoms. The molecule has 1 saturated carbocycles. The van der Waals surface area contributed by atoms with E-state index in [-0.39, 0.29) is 22.7 Å². The third-order valence-corrected chi connectivity index (χ3v) is 3.77. The Labute approximate surface area is 106 Å². The van der Waals surface area contributed by atoms with Crippen LogP contribution in [-0.4, -0.2) is 11.4 Å². The van der Waals surface area contributed by atoms with E-state index in [0.29, 0.717) is 0 Å². The Hall–Kier alpha value is -1.62. The number of hydrogen-bond donors (Lipinski definition) is 3. The summed E-state index contributed by atoms with van der Waals surface area (Å²) in [5, 5.41) is 3.00. The molecule has 4 nitrogen and oxygen atoms in total. The molecule has 0 aromatic heterocycles. The van der Waals surface area contributed by atoms with Gasteiger partial charge in [-0.15, -0.1) is 0 Å². The van der Waals surface area contributed by atoms with Gasteiger partial charge in [-0.3, -0.25) is 10.6 Å². The minimum atomic E-state index is -0.524. The maximum Gasteiger partial charge on any atom is 0.253 e. The highest BCUT2D eigenvalue weighted by molar-refractivity contribution is 6.00. The fourth-order valence-electron chi connectivity index (χ4n) is 2.34. The summed E-state index contributed by atoms with van der Waals surface area (Å²) in [5.41, 5.74) is 2.42. The van der Waals surface area contributed by atoms with Gasteiger partial charge in [-0.25, -0.2) is 4.39 Å². The number of rotatable bonds is 4. The molecule has 18 heavy (non-hydrogen) atoms. The van der Waals surface area contributed by atoms with Crippen molar-refractivity contribution >= 4 is 11.6 Å². The number of benzene rings is 1. The summed E-state index contributed by atoms with van der Waals surface area (Å²) in [4.78, 5) is 12.2. The Balaban J connectivity index is 2.21. The van der Waals surface area contributed by atoms with Gasteiger partial charge in [0.2, 0.25) is 0 Å². The Morgan fingerprint density at radius 3 is 2.72 bits per heavy atom. The molecule has 1 aliphatic rings. The molecule has 1 amide bonds. The van der Waals surface area contributed by atoms with Gasteiger partial charge in [0.1, 0.15) is 5.82 Å². The zero-order valence-corrected chi connectivity index (χ0v) is 10.4. The van der Waals surface area contributed by atoms with E-state index in [1.54, 1.807) is 6.07 Å². The highest BCUT2D eigenvalue weighted by Crippen LogP contribution is 2.35. The number of nitrogens with one attached hydrogen (secondary N) is 2. The van der Waals surface area contributed by atoms with Crippen molar-refractivity contribution in [1.82, 2.24) is 5.32 Å². The number of carbonyl (C=O) groups is 1. The summed E-state index contributed by atoms with van der Waals surface area (Å²) in [6.07, 6.45) is 3.98. The molecule has 0 saturated heterocycles. The van der Waals surface area contributed by atoms with E-state index in [9.17, 15) is 9.18 Å². The molecule has 1 aliphatic carbocycles. The fraction of sp³-hybridized carbons (Fsp3) is 0.462. The van der Waals surface area contributed by atoms with Crippen LogP contribution in [0.1, 0.15) is 43.0 Å². The number of carbonyl (C=O) groups excluding carboxylic acids is 1. The van der Waals surface area contributed by atoms with Crippen LogP contribution in [0.2, 0.25) is 0 Å². The van der Waals surface area contributed by atoms with E-state index >= 15 is 0 Å². The molecule has 0 heterocycles. The van der Waals surface area contributed by atoms with Crippen molar-refractivity contribution in [2.75, 3.05) is 5.43 Å². The van der Waals surface area contributed by atoms with Crippen molar-refractivity contribution < 1.29 is 9.18 Å². The normalized spacial score (nSPS) is 16.8. The number of hydrogen-bond acceptors (Lipinski definition) is 3. The van der Waals surface area contributed by atoms with Crippen molar-refractivity contribution in [3.8, 4) is 0 Å². The first kappa shape index (κ1) is 12.8. The largest absolute Gasteiger partial charge is 0.347 e. The molecule has 98 valence electrons. The lowest BCUT2D eigenvalue weighted by Crippen LogP contribution is -2.53. The predicted octanol–water partition coefficient (Wildman–Crippen LogP) is 2.17. The minimum absolute atomic E-state index is 0.0422. The zero-order chi connectivity index (χ0) is 13.2. The molecule has 1 fully saturated rings. The molecule has 4 N–H and O–H groups in total. The molecular formula is C13H18FN3O. The lowest BCUT2D eigenvalue weighted by molar-refractivity contribution is 0.0821. The Kier molecular flexibility index (Phi) is 3.52. The molecule has 1 aromatic carbocycles. The standard InChI is InChI=1S/C13H18FN3O/c1-2-13(7-4-8-13)16-12(18)9-5-3-6-10(14)11(9)17-15/h3,5-6,17H,2,4,7-8,15H2,1H3,(H,16,18). The van der Waals surface area contributed by atoms with E-state index in [4.69, 9.17) is 5.84 Å². The van der Waals surface area contributed by atoms with Crippen molar-refractivity contribution in [3.63, 3.8) is 0 Å².